The number of benzene rings is 1. The van der Waals surface area contributed by atoms with E-state index in [0.29, 0.717) is 0 Å². The molecule has 2 aliphatic rings. The Hall–Kier alpha value is -2.36. The molecule has 2 fully saturated rings. The smallest absolute Gasteiger partial charge is 0.322 e. The van der Waals surface area contributed by atoms with Crippen LogP contribution in [0.1, 0.15) is 0 Å². The van der Waals surface area contributed by atoms with Gasteiger partial charge in [-0.2, -0.15) is 0 Å². The molecule has 21 heavy (non-hydrogen) atoms. The first-order valence-corrected chi connectivity index (χ1v) is 7.88. The molecule has 0 saturated carbocycles. The standard InChI is InChI=1S/C11H11N3O6S/c15-10-2-1-6(14(17)18)3-8(10)13-9-5-21(19,20)4-7(9)12-11(13)16/h1-3,7,9,15H,4-5H2,(H,12,16). The number of nitro groups is 1. The number of hydrogen-bond acceptors (Lipinski definition) is 6. The van der Waals surface area contributed by atoms with Crippen LogP contribution in [0, 0.1) is 10.1 Å². The second kappa shape index (κ2) is 4.32. The van der Waals surface area contributed by atoms with Crippen molar-refractivity contribution in [1.82, 2.24) is 5.32 Å². The van der Waals surface area contributed by atoms with E-state index in [1.807, 2.05) is 0 Å². The molecule has 9 nitrogen and oxygen atoms in total. The molecule has 2 atom stereocenters. The largest absolute Gasteiger partial charge is 0.506 e. The maximum absolute atomic E-state index is 12.0. The third-order valence-electron chi connectivity index (χ3n) is 3.61. The molecule has 10 heteroatoms. The molecular formula is C11H11N3O6S. The lowest BCUT2D eigenvalue weighted by atomic mass is 10.1. The number of rotatable bonds is 2. The van der Waals surface area contributed by atoms with Gasteiger partial charge < -0.3 is 10.4 Å². The highest BCUT2D eigenvalue weighted by atomic mass is 32.2. The van der Waals surface area contributed by atoms with Crippen LogP contribution in [0.25, 0.3) is 0 Å². The van der Waals surface area contributed by atoms with Gasteiger partial charge in [0.15, 0.2) is 9.84 Å². The van der Waals surface area contributed by atoms with E-state index in [1.54, 1.807) is 0 Å². The fourth-order valence-electron chi connectivity index (χ4n) is 2.71. The monoisotopic (exact) mass is 313 g/mol. The normalized spacial score (nSPS) is 26.5. The zero-order valence-corrected chi connectivity index (χ0v) is 11.4. The number of sulfone groups is 1. The van der Waals surface area contributed by atoms with E-state index in [0.717, 1.165) is 23.1 Å². The Labute approximate surface area is 119 Å². The van der Waals surface area contributed by atoms with Crippen LogP contribution in [0.5, 0.6) is 5.75 Å². The molecule has 0 bridgehead atoms. The zero-order chi connectivity index (χ0) is 15.4. The maximum Gasteiger partial charge on any atom is 0.322 e. The average molecular weight is 313 g/mol. The number of phenols is 1. The van der Waals surface area contributed by atoms with Crippen LogP contribution in [0.15, 0.2) is 18.2 Å². The Bertz CT molecular complexity index is 746. The highest BCUT2D eigenvalue weighted by Crippen LogP contribution is 2.37. The first-order chi connectivity index (χ1) is 9.78. The number of hydrogen-bond donors (Lipinski definition) is 2. The molecule has 2 saturated heterocycles. The van der Waals surface area contributed by atoms with Gasteiger partial charge in [-0.1, -0.05) is 0 Å². The second-order valence-corrected chi connectivity index (χ2v) is 7.15. The van der Waals surface area contributed by atoms with Crippen molar-refractivity contribution >= 4 is 27.2 Å². The number of urea groups is 1. The molecular weight excluding hydrogens is 302 g/mol. The number of nitrogens with zero attached hydrogens (tertiary/aromatic N) is 2. The van der Waals surface area contributed by atoms with Crippen molar-refractivity contribution in [2.24, 2.45) is 0 Å². The van der Waals surface area contributed by atoms with E-state index in [9.17, 15) is 28.4 Å². The van der Waals surface area contributed by atoms with E-state index in [4.69, 9.17) is 0 Å². The summed E-state index contributed by atoms with van der Waals surface area (Å²) >= 11 is 0. The number of non-ortho nitro benzene ring substituents is 1. The van der Waals surface area contributed by atoms with Crippen LogP contribution < -0.4 is 10.2 Å². The summed E-state index contributed by atoms with van der Waals surface area (Å²) < 4.78 is 23.3. The van der Waals surface area contributed by atoms with Gasteiger partial charge in [0.25, 0.3) is 5.69 Å². The summed E-state index contributed by atoms with van der Waals surface area (Å²) in [5.41, 5.74) is -0.355. The SMILES string of the molecule is O=C1NC2CS(=O)(=O)CC2N1c1cc([N+](=O)[O-])ccc1O. The van der Waals surface area contributed by atoms with Crippen molar-refractivity contribution in [2.45, 2.75) is 12.1 Å². The molecule has 2 unspecified atom stereocenters. The third kappa shape index (κ3) is 2.17. The molecule has 0 spiro atoms. The van der Waals surface area contributed by atoms with Gasteiger partial charge in [-0.25, -0.2) is 13.2 Å². The van der Waals surface area contributed by atoms with Crippen molar-refractivity contribution in [2.75, 3.05) is 16.4 Å². The van der Waals surface area contributed by atoms with Crippen molar-refractivity contribution in [1.29, 1.82) is 0 Å². The minimum Gasteiger partial charge on any atom is -0.506 e. The number of nitrogens with one attached hydrogen (secondary N) is 1. The number of amides is 2. The first-order valence-electron chi connectivity index (χ1n) is 6.06. The fourth-order valence-corrected chi connectivity index (χ4v) is 4.60. The summed E-state index contributed by atoms with van der Waals surface area (Å²) in [4.78, 5) is 23.2. The summed E-state index contributed by atoms with van der Waals surface area (Å²) in [5.74, 6) is -0.727. The zero-order valence-electron chi connectivity index (χ0n) is 10.6. The van der Waals surface area contributed by atoms with Gasteiger partial charge in [-0.15, -0.1) is 0 Å². The Balaban J connectivity index is 2.05. The number of aromatic hydroxyl groups is 1. The number of phenolic OH excluding ortho intramolecular Hbond substituents is 1. The van der Waals surface area contributed by atoms with Gasteiger partial charge in [0.05, 0.1) is 34.2 Å². The molecule has 0 aliphatic carbocycles. The van der Waals surface area contributed by atoms with Crippen LogP contribution >= 0.6 is 0 Å². The van der Waals surface area contributed by atoms with Crippen LogP contribution in [-0.2, 0) is 9.84 Å². The first kappa shape index (κ1) is 13.6. The summed E-state index contributed by atoms with van der Waals surface area (Å²) in [6.45, 7) is 0. The highest BCUT2D eigenvalue weighted by molar-refractivity contribution is 7.91. The molecule has 112 valence electrons. The van der Waals surface area contributed by atoms with Gasteiger partial charge >= 0.3 is 6.03 Å². The molecule has 2 N–H and O–H groups in total. The molecule has 0 radical (unpaired) electrons. The van der Waals surface area contributed by atoms with Gasteiger partial charge in [0.1, 0.15) is 5.75 Å². The van der Waals surface area contributed by atoms with Gasteiger partial charge in [0.2, 0.25) is 0 Å². The van der Waals surface area contributed by atoms with Crippen molar-refractivity contribution in [3.05, 3.63) is 28.3 Å². The lowest BCUT2D eigenvalue weighted by molar-refractivity contribution is -0.384. The predicted molar refractivity (Wildman–Crippen MR) is 72.0 cm³/mol. The van der Waals surface area contributed by atoms with Crippen LogP contribution in [0.4, 0.5) is 16.2 Å². The molecule has 1 aromatic rings. The molecule has 2 aliphatic heterocycles. The van der Waals surface area contributed by atoms with Crippen molar-refractivity contribution in [3.8, 4) is 5.75 Å². The Morgan fingerprint density at radius 1 is 1.38 bits per heavy atom. The highest BCUT2D eigenvalue weighted by Gasteiger charge is 2.50. The Morgan fingerprint density at radius 3 is 2.76 bits per heavy atom. The lowest BCUT2D eigenvalue weighted by Gasteiger charge is -2.21. The fraction of sp³-hybridized carbons (Fsp3) is 0.364. The summed E-state index contributed by atoms with van der Waals surface area (Å²) in [6.07, 6.45) is 0. The van der Waals surface area contributed by atoms with E-state index in [1.165, 1.54) is 0 Å². The maximum atomic E-state index is 12.0. The Kier molecular flexibility index (Phi) is 2.80. The lowest BCUT2D eigenvalue weighted by Crippen LogP contribution is -2.37. The quantitative estimate of drug-likeness (QED) is 0.449. The summed E-state index contributed by atoms with van der Waals surface area (Å²) in [6, 6.07) is 1.46. The van der Waals surface area contributed by atoms with E-state index >= 15 is 0 Å². The van der Waals surface area contributed by atoms with Crippen LogP contribution in [0.3, 0.4) is 0 Å². The van der Waals surface area contributed by atoms with E-state index in [2.05, 4.69) is 5.32 Å². The van der Waals surface area contributed by atoms with Crippen molar-refractivity contribution < 1.29 is 23.2 Å². The van der Waals surface area contributed by atoms with E-state index in [-0.39, 0.29) is 28.6 Å². The number of fused-ring (bicyclic) bond motifs is 1. The van der Waals surface area contributed by atoms with Crippen LogP contribution in [0.2, 0.25) is 0 Å². The summed E-state index contributed by atoms with van der Waals surface area (Å²) in [5, 5.41) is 23.2. The van der Waals surface area contributed by atoms with Gasteiger partial charge in [-0.3, -0.25) is 15.0 Å². The average Bonchev–Trinajstić information content (AvgIpc) is 2.80. The van der Waals surface area contributed by atoms with Crippen LogP contribution in [-0.4, -0.2) is 48.1 Å². The number of carbonyl (C=O) groups is 1. The Morgan fingerprint density at radius 2 is 2.10 bits per heavy atom. The number of nitro benzene ring substituents is 1. The molecule has 0 aromatic heterocycles. The molecule has 2 amide bonds. The topological polar surface area (TPSA) is 130 Å². The minimum atomic E-state index is -3.28. The molecule has 3 rings (SSSR count). The molecule has 1 aromatic carbocycles. The van der Waals surface area contributed by atoms with Gasteiger partial charge in [-0.05, 0) is 6.07 Å². The number of carbonyl (C=O) groups excluding carboxylic acids is 1. The number of anilines is 1. The van der Waals surface area contributed by atoms with Crippen molar-refractivity contribution in [3.63, 3.8) is 0 Å². The molecule has 2 heterocycles. The second-order valence-electron chi connectivity index (χ2n) is 5.00. The van der Waals surface area contributed by atoms with Gasteiger partial charge in [0, 0.05) is 12.1 Å². The third-order valence-corrected chi connectivity index (χ3v) is 5.33. The van der Waals surface area contributed by atoms with E-state index < -0.39 is 32.9 Å². The summed E-state index contributed by atoms with van der Waals surface area (Å²) in [7, 11) is -3.28. The predicted octanol–water partition coefficient (Wildman–Crippen LogP) is -0.00440. The minimum absolute atomic E-state index is 0.0636.